The van der Waals surface area contributed by atoms with Crippen LogP contribution in [0.4, 0.5) is 0 Å². The van der Waals surface area contributed by atoms with Gasteiger partial charge in [-0.3, -0.25) is 9.59 Å². The van der Waals surface area contributed by atoms with Gasteiger partial charge in [0.25, 0.3) is 0 Å². The first-order valence-corrected chi connectivity index (χ1v) is 5.82. The van der Waals surface area contributed by atoms with Crippen molar-refractivity contribution in [1.82, 2.24) is 10.6 Å². The Balaban J connectivity index is 2.42. The Morgan fingerprint density at radius 1 is 1.69 bits per heavy atom. The van der Waals surface area contributed by atoms with Crippen molar-refractivity contribution in [3.05, 3.63) is 0 Å². The zero-order valence-electron chi connectivity index (χ0n) is 10.0. The average molecular weight is 227 g/mol. The summed E-state index contributed by atoms with van der Waals surface area (Å²) < 4.78 is 0. The molecule has 0 aromatic carbocycles. The maximum absolute atomic E-state index is 11.9. The SMILES string of the molecule is CCCC(C)(N)C(=O)NC1CCC(=O)NC1. The van der Waals surface area contributed by atoms with Gasteiger partial charge in [-0.2, -0.15) is 0 Å². The van der Waals surface area contributed by atoms with E-state index in [1.165, 1.54) is 0 Å². The number of nitrogens with two attached hydrogens (primary N) is 1. The Hall–Kier alpha value is -1.10. The minimum absolute atomic E-state index is 0.0185. The van der Waals surface area contributed by atoms with Crippen molar-refractivity contribution in [3.63, 3.8) is 0 Å². The second-order valence-corrected chi connectivity index (χ2v) is 4.68. The first kappa shape index (κ1) is 13.0. The maximum atomic E-state index is 11.9. The maximum Gasteiger partial charge on any atom is 0.240 e. The normalized spacial score (nSPS) is 24.4. The fourth-order valence-corrected chi connectivity index (χ4v) is 1.84. The molecule has 0 bridgehead atoms. The molecule has 2 amide bonds. The van der Waals surface area contributed by atoms with Crippen molar-refractivity contribution in [2.75, 3.05) is 6.54 Å². The Morgan fingerprint density at radius 3 is 2.88 bits per heavy atom. The van der Waals surface area contributed by atoms with Gasteiger partial charge in [0.2, 0.25) is 11.8 Å². The molecular weight excluding hydrogens is 206 g/mol. The number of hydrogen-bond acceptors (Lipinski definition) is 3. The van der Waals surface area contributed by atoms with Gasteiger partial charge in [-0.1, -0.05) is 13.3 Å². The number of hydrogen-bond donors (Lipinski definition) is 3. The fraction of sp³-hybridized carbons (Fsp3) is 0.818. The summed E-state index contributed by atoms with van der Waals surface area (Å²) in [6.45, 7) is 4.25. The van der Waals surface area contributed by atoms with Gasteiger partial charge in [0.1, 0.15) is 0 Å². The molecule has 5 nitrogen and oxygen atoms in total. The molecule has 4 N–H and O–H groups in total. The quantitative estimate of drug-likeness (QED) is 0.627. The molecule has 2 unspecified atom stereocenters. The molecule has 0 saturated carbocycles. The van der Waals surface area contributed by atoms with Gasteiger partial charge in [-0.05, 0) is 19.8 Å². The van der Waals surface area contributed by atoms with E-state index in [4.69, 9.17) is 5.73 Å². The van der Waals surface area contributed by atoms with Gasteiger partial charge in [0.15, 0.2) is 0 Å². The Bertz CT molecular complexity index is 266. The van der Waals surface area contributed by atoms with Crippen LogP contribution in [0.25, 0.3) is 0 Å². The molecule has 5 heteroatoms. The minimum Gasteiger partial charge on any atom is -0.354 e. The molecule has 16 heavy (non-hydrogen) atoms. The lowest BCUT2D eigenvalue weighted by Gasteiger charge is -2.29. The second-order valence-electron chi connectivity index (χ2n) is 4.68. The van der Waals surface area contributed by atoms with Gasteiger partial charge >= 0.3 is 0 Å². The van der Waals surface area contributed by atoms with Crippen LogP contribution in [-0.2, 0) is 9.59 Å². The summed E-state index contributed by atoms with van der Waals surface area (Å²) in [5, 5.41) is 5.61. The van der Waals surface area contributed by atoms with Crippen LogP contribution >= 0.6 is 0 Å². The summed E-state index contributed by atoms with van der Waals surface area (Å²) in [6.07, 6.45) is 2.71. The van der Waals surface area contributed by atoms with E-state index in [0.29, 0.717) is 25.8 Å². The average Bonchev–Trinajstić information content (AvgIpc) is 2.21. The van der Waals surface area contributed by atoms with E-state index in [1.54, 1.807) is 6.92 Å². The third kappa shape index (κ3) is 3.48. The summed E-state index contributed by atoms with van der Waals surface area (Å²) in [5.41, 5.74) is 5.11. The Morgan fingerprint density at radius 2 is 2.38 bits per heavy atom. The smallest absolute Gasteiger partial charge is 0.240 e. The highest BCUT2D eigenvalue weighted by Crippen LogP contribution is 2.10. The molecule has 1 aliphatic rings. The topological polar surface area (TPSA) is 84.2 Å². The molecule has 1 saturated heterocycles. The highest BCUT2D eigenvalue weighted by Gasteiger charge is 2.30. The lowest BCUT2D eigenvalue weighted by molar-refractivity contribution is -0.128. The van der Waals surface area contributed by atoms with Gasteiger partial charge < -0.3 is 16.4 Å². The molecule has 0 aliphatic carbocycles. The molecule has 0 aromatic rings. The molecule has 1 heterocycles. The van der Waals surface area contributed by atoms with E-state index in [2.05, 4.69) is 10.6 Å². The van der Waals surface area contributed by atoms with Crippen LogP contribution < -0.4 is 16.4 Å². The Labute approximate surface area is 96.1 Å². The van der Waals surface area contributed by atoms with Gasteiger partial charge in [0.05, 0.1) is 5.54 Å². The third-order valence-corrected chi connectivity index (χ3v) is 2.89. The predicted octanol–water partition coefficient (Wildman–Crippen LogP) is -0.101. The predicted molar refractivity (Wildman–Crippen MR) is 61.7 cm³/mol. The van der Waals surface area contributed by atoms with Crippen molar-refractivity contribution in [2.24, 2.45) is 5.73 Å². The van der Waals surface area contributed by atoms with E-state index in [9.17, 15) is 9.59 Å². The van der Waals surface area contributed by atoms with Crippen molar-refractivity contribution in [3.8, 4) is 0 Å². The van der Waals surface area contributed by atoms with Crippen LogP contribution in [0.5, 0.6) is 0 Å². The van der Waals surface area contributed by atoms with Crippen molar-refractivity contribution < 1.29 is 9.59 Å². The van der Waals surface area contributed by atoms with E-state index in [0.717, 1.165) is 6.42 Å². The van der Waals surface area contributed by atoms with Gasteiger partial charge in [0, 0.05) is 19.0 Å². The van der Waals surface area contributed by atoms with E-state index in [-0.39, 0.29) is 17.9 Å². The number of piperidine rings is 1. The van der Waals surface area contributed by atoms with Crippen LogP contribution in [0.3, 0.4) is 0 Å². The van der Waals surface area contributed by atoms with E-state index in [1.807, 2.05) is 6.92 Å². The van der Waals surface area contributed by atoms with Gasteiger partial charge in [-0.15, -0.1) is 0 Å². The molecule has 92 valence electrons. The summed E-state index contributed by atoms with van der Waals surface area (Å²) in [5.74, 6) is -0.0786. The highest BCUT2D eigenvalue weighted by atomic mass is 16.2. The van der Waals surface area contributed by atoms with E-state index >= 15 is 0 Å². The summed E-state index contributed by atoms with van der Waals surface area (Å²) in [7, 11) is 0. The van der Waals surface area contributed by atoms with Crippen molar-refractivity contribution in [2.45, 2.75) is 51.1 Å². The zero-order chi connectivity index (χ0) is 12.2. The minimum atomic E-state index is -0.809. The fourth-order valence-electron chi connectivity index (χ4n) is 1.84. The number of carbonyl (C=O) groups excluding carboxylic acids is 2. The molecule has 1 rings (SSSR count). The first-order valence-electron chi connectivity index (χ1n) is 5.82. The largest absolute Gasteiger partial charge is 0.354 e. The summed E-state index contributed by atoms with van der Waals surface area (Å²) in [4.78, 5) is 22.8. The molecule has 1 fully saturated rings. The lowest BCUT2D eigenvalue weighted by atomic mass is 9.95. The number of amides is 2. The molecule has 0 radical (unpaired) electrons. The third-order valence-electron chi connectivity index (χ3n) is 2.89. The van der Waals surface area contributed by atoms with Crippen molar-refractivity contribution >= 4 is 11.8 Å². The molecule has 0 aromatic heterocycles. The van der Waals surface area contributed by atoms with Crippen LogP contribution in [-0.4, -0.2) is 29.9 Å². The highest BCUT2D eigenvalue weighted by molar-refractivity contribution is 5.86. The lowest BCUT2D eigenvalue weighted by Crippen LogP contribution is -2.57. The first-order chi connectivity index (χ1) is 7.45. The summed E-state index contributed by atoms with van der Waals surface area (Å²) >= 11 is 0. The molecular formula is C11H21N3O2. The summed E-state index contributed by atoms with van der Waals surface area (Å²) in [6, 6.07) is 0.0185. The molecule has 2 atom stereocenters. The monoisotopic (exact) mass is 227 g/mol. The number of carbonyl (C=O) groups is 2. The van der Waals surface area contributed by atoms with Crippen LogP contribution in [0, 0.1) is 0 Å². The molecule has 1 aliphatic heterocycles. The van der Waals surface area contributed by atoms with Crippen LogP contribution in [0.1, 0.15) is 39.5 Å². The van der Waals surface area contributed by atoms with E-state index < -0.39 is 5.54 Å². The molecule has 0 spiro atoms. The standard InChI is InChI=1S/C11H21N3O2/c1-3-6-11(2,12)10(16)14-8-4-5-9(15)13-7-8/h8H,3-7,12H2,1-2H3,(H,13,15)(H,14,16). The van der Waals surface area contributed by atoms with Crippen LogP contribution in [0.2, 0.25) is 0 Å². The Kier molecular flexibility index (Phi) is 4.29. The number of rotatable bonds is 4. The second kappa shape index (κ2) is 5.30. The zero-order valence-corrected chi connectivity index (χ0v) is 10.0. The number of nitrogens with one attached hydrogen (secondary N) is 2. The van der Waals surface area contributed by atoms with Crippen LogP contribution in [0.15, 0.2) is 0 Å². The van der Waals surface area contributed by atoms with Crippen molar-refractivity contribution in [1.29, 1.82) is 0 Å². The van der Waals surface area contributed by atoms with Gasteiger partial charge in [-0.25, -0.2) is 0 Å².